The highest BCUT2D eigenvalue weighted by molar-refractivity contribution is 6.28. The third-order valence-electron chi connectivity index (χ3n) is 2.28. The van der Waals surface area contributed by atoms with E-state index in [2.05, 4.69) is 9.73 Å². The second kappa shape index (κ2) is 6.61. The van der Waals surface area contributed by atoms with Gasteiger partial charge in [0.25, 0.3) is 0 Å². The maximum atomic E-state index is 11.4. The minimum atomic E-state index is -0.956. The van der Waals surface area contributed by atoms with Gasteiger partial charge in [0.15, 0.2) is 0 Å². The molecule has 0 saturated carbocycles. The van der Waals surface area contributed by atoms with Crippen molar-refractivity contribution >= 4 is 40.5 Å². The van der Waals surface area contributed by atoms with Gasteiger partial charge in [0, 0.05) is 12.1 Å². The van der Waals surface area contributed by atoms with Gasteiger partial charge in [-0.3, -0.25) is 20.2 Å². The molecular weight excluding hydrogens is 308 g/mol. The first-order chi connectivity index (χ1) is 9.81. The van der Waals surface area contributed by atoms with Crippen molar-refractivity contribution in [2.45, 2.75) is 0 Å². The average Bonchev–Trinajstić information content (AvgIpc) is 2.45. The molecule has 0 aliphatic carbocycles. The van der Waals surface area contributed by atoms with Gasteiger partial charge in [0.05, 0.1) is 28.4 Å². The summed E-state index contributed by atoms with van der Waals surface area (Å²) in [5.74, 6) is -1.47. The van der Waals surface area contributed by atoms with Crippen molar-refractivity contribution in [1.82, 2.24) is 0 Å². The summed E-state index contributed by atoms with van der Waals surface area (Å²) in [4.78, 5) is 35.2. The van der Waals surface area contributed by atoms with Crippen LogP contribution in [0, 0.1) is 20.2 Å². The first kappa shape index (κ1) is 16.3. The van der Waals surface area contributed by atoms with E-state index < -0.39 is 32.9 Å². The van der Waals surface area contributed by atoms with Crippen molar-refractivity contribution in [2.24, 2.45) is 10.7 Å². The Labute approximate surface area is 122 Å². The number of methoxy groups -OCH3 is 1. The fourth-order valence-corrected chi connectivity index (χ4v) is 1.47. The van der Waals surface area contributed by atoms with Gasteiger partial charge in [-0.15, -0.1) is 11.6 Å². The molecule has 21 heavy (non-hydrogen) atoms. The predicted octanol–water partition coefficient (Wildman–Crippen LogP) is 1.52. The Hall–Kier alpha value is -2.75. The summed E-state index contributed by atoms with van der Waals surface area (Å²) in [5.41, 5.74) is 2.91. The van der Waals surface area contributed by atoms with Crippen LogP contribution in [-0.4, -0.2) is 34.6 Å². The third kappa shape index (κ3) is 3.63. The Balaban J connectivity index is 3.71. The third-order valence-corrected chi connectivity index (χ3v) is 2.55. The monoisotopic (exact) mass is 316 g/mol. The number of carbonyl (C=O) groups excluding carboxylic acids is 1. The number of hydrogen-bond acceptors (Lipinski definition) is 7. The van der Waals surface area contributed by atoms with E-state index >= 15 is 0 Å². The number of carbonyl (C=O) groups is 1. The van der Waals surface area contributed by atoms with E-state index in [0.29, 0.717) is 0 Å². The molecule has 2 N–H and O–H groups in total. The van der Waals surface area contributed by atoms with Crippen LogP contribution in [0.3, 0.4) is 0 Å². The predicted molar refractivity (Wildman–Crippen MR) is 73.1 cm³/mol. The number of ether oxygens (including phenoxy) is 1. The Kier molecular flexibility index (Phi) is 5.13. The summed E-state index contributed by atoms with van der Waals surface area (Å²) < 4.78 is 4.38. The summed E-state index contributed by atoms with van der Waals surface area (Å²) in [6.45, 7) is 0. The fraction of sp³-hybridized carbons (Fsp3) is 0.200. The zero-order valence-corrected chi connectivity index (χ0v) is 11.4. The molecule has 11 heteroatoms. The number of alkyl halides is 1. The van der Waals surface area contributed by atoms with Crippen LogP contribution in [0.15, 0.2) is 17.1 Å². The molecule has 0 unspecified atom stereocenters. The van der Waals surface area contributed by atoms with Crippen molar-refractivity contribution in [1.29, 1.82) is 0 Å². The number of nitrogens with two attached hydrogens (primary N) is 1. The van der Waals surface area contributed by atoms with Crippen LogP contribution in [0.1, 0.15) is 10.4 Å². The first-order valence-electron chi connectivity index (χ1n) is 5.26. The number of esters is 1. The zero-order valence-electron chi connectivity index (χ0n) is 10.6. The Morgan fingerprint density at radius 2 is 1.81 bits per heavy atom. The van der Waals surface area contributed by atoms with Gasteiger partial charge in [-0.25, -0.2) is 9.79 Å². The van der Waals surface area contributed by atoms with Crippen LogP contribution in [0.4, 0.5) is 17.1 Å². The van der Waals surface area contributed by atoms with Crippen molar-refractivity contribution in [3.05, 3.63) is 37.9 Å². The van der Waals surface area contributed by atoms with E-state index in [0.717, 1.165) is 19.2 Å². The van der Waals surface area contributed by atoms with E-state index in [-0.39, 0.29) is 17.3 Å². The molecule has 0 atom stereocenters. The lowest BCUT2D eigenvalue weighted by Gasteiger charge is -2.04. The molecule has 0 radical (unpaired) electrons. The molecule has 0 aromatic heterocycles. The Morgan fingerprint density at radius 1 is 1.33 bits per heavy atom. The second-order valence-electron chi connectivity index (χ2n) is 3.61. The summed E-state index contributed by atoms with van der Waals surface area (Å²) in [7, 11) is 1.04. The Bertz CT molecular complexity index is 609. The molecule has 10 nitrogen and oxygen atoms in total. The number of benzene rings is 1. The lowest BCUT2D eigenvalue weighted by molar-refractivity contribution is -0.392. The molecule has 0 fully saturated rings. The van der Waals surface area contributed by atoms with Gasteiger partial charge in [-0.1, -0.05) is 0 Å². The largest absolute Gasteiger partial charge is 0.465 e. The maximum Gasteiger partial charge on any atom is 0.338 e. The topological polar surface area (TPSA) is 151 Å². The molecule has 0 aliphatic rings. The van der Waals surface area contributed by atoms with Crippen LogP contribution < -0.4 is 5.73 Å². The molecule has 1 rings (SSSR count). The van der Waals surface area contributed by atoms with Crippen molar-refractivity contribution in [2.75, 3.05) is 13.0 Å². The van der Waals surface area contributed by atoms with Gasteiger partial charge in [0.2, 0.25) is 5.69 Å². The Morgan fingerprint density at radius 3 is 2.14 bits per heavy atom. The van der Waals surface area contributed by atoms with E-state index in [1.165, 1.54) is 0 Å². The number of nitro groups is 2. The van der Waals surface area contributed by atoms with E-state index in [1.54, 1.807) is 0 Å². The highest BCUT2D eigenvalue weighted by Crippen LogP contribution is 2.38. The second-order valence-corrected chi connectivity index (χ2v) is 3.87. The molecule has 112 valence electrons. The van der Waals surface area contributed by atoms with E-state index in [1.807, 2.05) is 0 Å². The van der Waals surface area contributed by atoms with Crippen LogP contribution in [0.25, 0.3) is 0 Å². The number of hydrogen-bond donors (Lipinski definition) is 1. The standard InChI is InChI=1S/C10H9ClN4O6/c1-21-10(16)5-2-6(14(17)18)9(13-8(12)4-11)7(3-5)15(19)20/h2-3H,4H2,1H3,(H2,12,13). The quantitative estimate of drug-likeness (QED) is 0.216. The number of nitro benzene ring substituents is 2. The van der Waals surface area contributed by atoms with Crippen molar-refractivity contribution in [3.63, 3.8) is 0 Å². The number of nitrogens with zero attached hydrogens (tertiary/aromatic N) is 3. The smallest absolute Gasteiger partial charge is 0.338 e. The van der Waals surface area contributed by atoms with Gasteiger partial charge in [-0.2, -0.15) is 0 Å². The lowest BCUT2D eigenvalue weighted by atomic mass is 10.1. The molecular formula is C10H9ClN4O6. The summed E-state index contributed by atoms with van der Waals surface area (Å²) >= 11 is 5.40. The van der Waals surface area contributed by atoms with Crippen molar-refractivity contribution < 1.29 is 19.4 Å². The van der Waals surface area contributed by atoms with Crippen LogP contribution in [0.2, 0.25) is 0 Å². The fourth-order valence-electron chi connectivity index (χ4n) is 1.41. The lowest BCUT2D eigenvalue weighted by Crippen LogP contribution is -2.13. The average molecular weight is 317 g/mol. The number of amidine groups is 1. The van der Waals surface area contributed by atoms with Crippen LogP contribution in [0.5, 0.6) is 0 Å². The van der Waals surface area contributed by atoms with Gasteiger partial charge in [0.1, 0.15) is 5.84 Å². The molecule has 0 saturated heterocycles. The maximum absolute atomic E-state index is 11.4. The van der Waals surface area contributed by atoms with Gasteiger partial charge in [-0.05, 0) is 0 Å². The molecule has 0 aliphatic heterocycles. The molecule has 0 amide bonds. The van der Waals surface area contributed by atoms with E-state index in [9.17, 15) is 25.0 Å². The highest BCUT2D eigenvalue weighted by atomic mass is 35.5. The van der Waals surface area contributed by atoms with Crippen LogP contribution in [-0.2, 0) is 4.74 Å². The van der Waals surface area contributed by atoms with Gasteiger partial charge < -0.3 is 10.5 Å². The zero-order chi connectivity index (χ0) is 16.2. The SMILES string of the molecule is COC(=O)c1cc([N+](=O)[O-])c(N=C(N)CCl)c([N+](=O)[O-])c1. The van der Waals surface area contributed by atoms with Crippen LogP contribution >= 0.6 is 11.6 Å². The summed E-state index contributed by atoms with van der Waals surface area (Å²) in [6.07, 6.45) is 0. The summed E-state index contributed by atoms with van der Waals surface area (Å²) in [5, 5.41) is 22.0. The molecule has 0 spiro atoms. The normalized spacial score (nSPS) is 11.0. The first-order valence-corrected chi connectivity index (χ1v) is 5.79. The van der Waals surface area contributed by atoms with Gasteiger partial charge >= 0.3 is 17.3 Å². The van der Waals surface area contributed by atoms with Crippen molar-refractivity contribution in [3.8, 4) is 0 Å². The molecule has 1 aromatic rings. The summed E-state index contributed by atoms with van der Waals surface area (Å²) in [6, 6.07) is 1.64. The minimum absolute atomic E-state index is 0.242. The molecule has 0 bridgehead atoms. The molecule has 1 aromatic carbocycles. The molecule has 0 heterocycles. The number of halogens is 1. The highest BCUT2D eigenvalue weighted by Gasteiger charge is 2.29. The minimum Gasteiger partial charge on any atom is -0.465 e. The number of rotatable bonds is 5. The number of aliphatic imine (C=N–C) groups is 1. The van der Waals surface area contributed by atoms with E-state index in [4.69, 9.17) is 17.3 Å².